The third kappa shape index (κ3) is 4.55. The van der Waals surface area contributed by atoms with Crippen molar-refractivity contribution in [3.8, 4) is 0 Å². The summed E-state index contributed by atoms with van der Waals surface area (Å²) in [5.74, 6) is -0.642. The Hall–Kier alpha value is -0.650. The second-order valence-electron chi connectivity index (χ2n) is 4.88. The van der Waals surface area contributed by atoms with Crippen LogP contribution in [0.4, 0.5) is 8.78 Å². The van der Waals surface area contributed by atoms with Gasteiger partial charge < -0.3 is 10.4 Å². The van der Waals surface area contributed by atoms with Crippen LogP contribution in [-0.4, -0.2) is 29.0 Å². The highest BCUT2D eigenvalue weighted by molar-refractivity contribution is 7.99. The first-order chi connectivity index (χ1) is 8.36. The molecule has 2 nitrogen and oxygen atoms in total. The highest BCUT2D eigenvalue weighted by Gasteiger charge is 2.24. The zero-order valence-electron chi connectivity index (χ0n) is 10.8. The van der Waals surface area contributed by atoms with E-state index in [0.29, 0.717) is 10.6 Å². The Balaban J connectivity index is 2.67. The summed E-state index contributed by atoms with van der Waals surface area (Å²) >= 11 is 1.27. The third-order valence-electron chi connectivity index (χ3n) is 2.43. The predicted octanol–water partition coefficient (Wildman–Crippen LogP) is 2.81. The lowest BCUT2D eigenvalue weighted by atomic mass is 10.1. The molecule has 5 heteroatoms. The van der Waals surface area contributed by atoms with Crippen LogP contribution in [0.5, 0.6) is 0 Å². The van der Waals surface area contributed by atoms with Crippen molar-refractivity contribution in [1.82, 2.24) is 5.32 Å². The van der Waals surface area contributed by atoms with Crippen molar-refractivity contribution >= 4 is 11.8 Å². The number of thioether (sulfide) groups is 1. The minimum atomic E-state index is -0.581. The van der Waals surface area contributed by atoms with Gasteiger partial charge in [-0.15, -0.1) is 11.8 Å². The monoisotopic (exact) mass is 275 g/mol. The van der Waals surface area contributed by atoms with Gasteiger partial charge in [0.2, 0.25) is 0 Å². The van der Waals surface area contributed by atoms with Crippen molar-refractivity contribution in [2.24, 2.45) is 0 Å². The summed E-state index contributed by atoms with van der Waals surface area (Å²) in [6.45, 7) is 5.80. The number of halogens is 2. The molecule has 0 aliphatic heterocycles. The number of nitrogens with one attached hydrogen (secondary N) is 1. The molecule has 1 rings (SSSR count). The Labute approximate surface area is 111 Å². The van der Waals surface area contributed by atoms with Crippen LogP contribution < -0.4 is 5.32 Å². The number of aliphatic hydroxyl groups is 1. The van der Waals surface area contributed by atoms with E-state index in [-0.39, 0.29) is 12.6 Å². The van der Waals surface area contributed by atoms with E-state index >= 15 is 0 Å². The second-order valence-corrected chi connectivity index (χ2v) is 5.90. The molecule has 18 heavy (non-hydrogen) atoms. The first-order valence-electron chi connectivity index (χ1n) is 5.83. The maximum absolute atomic E-state index is 13.4. The summed E-state index contributed by atoms with van der Waals surface area (Å²) in [6.07, 6.45) is 0. The molecule has 0 radical (unpaired) electrons. The van der Waals surface area contributed by atoms with Gasteiger partial charge in [0.1, 0.15) is 11.6 Å². The van der Waals surface area contributed by atoms with Gasteiger partial charge >= 0.3 is 0 Å². The van der Waals surface area contributed by atoms with E-state index in [1.165, 1.54) is 23.9 Å². The number of aliphatic hydroxyl groups excluding tert-OH is 1. The summed E-state index contributed by atoms with van der Waals surface area (Å²) < 4.78 is 26.2. The lowest BCUT2D eigenvalue weighted by Gasteiger charge is -2.30. The molecule has 0 aliphatic carbocycles. The number of rotatable bonds is 6. The van der Waals surface area contributed by atoms with E-state index in [1.807, 2.05) is 20.8 Å². The summed E-state index contributed by atoms with van der Waals surface area (Å²) in [4.78, 5) is 0.390. The van der Waals surface area contributed by atoms with Gasteiger partial charge in [-0.25, -0.2) is 8.78 Å². The molecule has 0 aromatic heterocycles. The summed E-state index contributed by atoms with van der Waals surface area (Å²) in [5.41, 5.74) is -0.486. The summed E-state index contributed by atoms with van der Waals surface area (Å²) in [5, 5.41) is 12.6. The Morgan fingerprint density at radius 3 is 2.56 bits per heavy atom. The van der Waals surface area contributed by atoms with Crippen molar-refractivity contribution < 1.29 is 13.9 Å². The Kier molecular flexibility index (Phi) is 5.56. The van der Waals surface area contributed by atoms with Crippen molar-refractivity contribution in [1.29, 1.82) is 0 Å². The first-order valence-corrected chi connectivity index (χ1v) is 6.81. The van der Waals surface area contributed by atoms with Crippen LogP contribution in [0.2, 0.25) is 0 Å². The van der Waals surface area contributed by atoms with Crippen LogP contribution >= 0.6 is 11.8 Å². The highest BCUT2D eigenvalue weighted by atomic mass is 32.2. The maximum atomic E-state index is 13.4. The van der Waals surface area contributed by atoms with Gasteiger partial charge in [0.05, 0.1) is 6.61 Å². The normalized spacial score (nSPS) is 14.8. The molecule has 0 saturated heterocycles. The largest absolute Gasteiger partial charge is 0.394 e. The molecule has 1 aromatic carbocycles. The first kappa shape index (κ1) is 15.4. The van der Waals surface area contributed by atoms with Crippen molar-refractivity contribution in [3.05, 3.63) is 29.8 Å². The second kappa shape index (κ2) is 6.50. The molecule has 0 aliphatic rings. The molecule has 1 aromatic rings. The molecule has 102 valence electrons. The van der Waals surface area contributed by atoms with Crippen LogP contribution in [0.3, 0.4) is 0 Å². The number of hydrogen-bond acceptors (Lipinski definition) is 3. The molecule has 0 saturated carbocycles. The average Bonchev–Trinajstić information content (AvgIpc) is 2.27. The smallest absolute Gasteiger partial charge is 0.139 e. The topological polar surface area (TPSA) is 32.3 Å². The molecular formula is C13H19F2NOS. The lowest BCUT2D eigenvalue weighted by Crippen LogP contribution is -2.51. The van der Waals surface area contributed by atoms with Gasteiger partial charge in [-0.1, -0.05) is 13.8 Å². The van der Waals surface area contributed by atoms with Crippen molar-refractivity contribution in [3.63, 3.8) is 0 Å². The fourth-order valence-corrected chi connectivity index (χ4v) is 2.67. The van der Waals surface area contributed by atoms with Crippen LogP contribution in [0, 0.1) is 11.6 Å². The maximum Gasteiger partial charge on any atom is 0.139 e. The molecule has 1 atom stereocenters. The van der Waals surface area contributed by atoms with Crippen LogP contribution in [-0.2, 0) is 0 Å². The molecule has 2 N–H and O–H groups in total. The van der Waals surface area contributed by atoms with E-state index in [9.17, 15) is 13.9 Å². The molecule has 0 heterocycles. The van der Waals surface area contributed by atoms with E-state index in [1.54, 1.807) is 0 Å². The summed E-state index contributed by atoms with van der Waals surface area (Å²) in [7, 11) is 0. The van der Waals surface area contributed by atoms with E-state index in [0.717, 1.165) is 6.07 Å². The third-order valence-corrected chi connectivity index (χ3v) is 3.85. The van der Waals surface area contributed by atoms with Gasteiger partial charge in [-0.05, 0) is 19.1 Å². The highest BCUT2D eigenvalue weighted by Crippen LogP contribution is 2.26. The Bertz CT molecular complexity index is 401. The van der Waals surface area contributed by atoms with Crippen LogP contribution in [0.15, 0.2) is 23.1 Å². The lowest BCUT2D eigenvalue weighted by molar-refractivity contribution is 0.183. The van der Waals surface area contributed by atoms with Gasteiger partial charge in [-0.3, -0.25) is 0 Å². The van der Waals surface area contributed by atoms with E-state index in [4.69, 9.17) is 0 Å². The average molecular weight is 275 g/mol. The minimum Gasteiger partial charge on any atom is -0.394 e. The van der Waals surface area contributed by atoms with Gasteiger partial charge in [0, 0.05) is 28.3 Å². The van der Waals surface area contributed by atoms with Gasteiger partial charge in [-0.2, -0.15) is 0 Å². The molecule has 0 amide bonds. The van der Waals surface area contributed by atoms with E-state index < -0.39 is 17.2 Å². The molecule has 0 spiro atoms. The van der Waals surface area contributed by atoms with Gasteiger partial charge in [0.25, 0.3) is 0 Å². The Morgan fingerprint density at radius 1 is 1.39 bits per heavy atom. The zero-order valence-corrected chi connectivity index (χ0v) is 11.7. The number of hydrogen-bond donors (Lipinski definition) is 2. The van der Waals surface area contributed by atoms with E-state index in [2.05, 4.69) is 5.32 Å². The zero-order chi connectivity index (χ0) is 13.8. The SMILES string of the molecule is CC(C)NC(C)(CO)CSc1ccc(F)cc1F. The quantitative estimate of drug-likeness (QED) is 0.783. The number of benzene rings is 1. The molecule has 0 fully saturated rings. The molecule has 0 bridgehead atoms. The molecular weight excluding hydrogens is 256 g/mol. The fraction of sp³-hybridized carbons (Fsp3) is 0.538. The standard InChI is InChI=1S/C13H19F2NOS/c1-9(2)16-13(3,7-17)8-18-12-5-4-10(14)6-11(12)15/h4-6,9,16-17H,7-8H2,1-3H3. The fourth-order valence-electron chi connectivity index (χ4n) is 1.66. The minimum absolute atomic E-state index is 0.0407. The Morgan fingerprint density at radius 2 is 2.06 bits per heavy atom. The van der Waals surface area contributed by atoms with Crippen molar-refractivity contribution in [2.75, 3.05) is 12.4 Å². The van der Waals surface area contributed by atoms with Crippen LogP contribution in [0.25, 0.3) is 0 Å². The van der Waals surface area contributed by atoms with Crippen LogP contribution in [0.1, 0.15) is 20.8 Å². The predicted molar refractivity (Wildman–Crippen MR) is 70.8 cm³/mol. The van der Waals surface area contributed by atoms with Gasteiger partial charge in [0.15, 0.2) is 0 Å². The van der Waals surface area contributed by atoms with Crippen molar-refractivity contribution in [2.45, 2.75) is 37.2 Å². The molecule has 1 unspecified atom stereocenters. The summed E-state index contributed by atoms with van der Waals surface area (Å²) in [6, 6.07) is 3.75.